The van der Waals surface area contributed by atoms with E-state index in [1.54, 1.807) is 0 Å². The Labute approximate surface area is 59.1 Å². The predicted octanol–water partition coefficient (Wildman–Crippen LogP) is -1.63. The number of hydrazine groups is 1. The molecular formula is C5H12N2O3. The van der Waals surface area contributed by atoms with E-state index in [0.717, 1.165) is 0 Å². The fraction of sp³-hybridized carbons (Fsp3) is 0.800. The van der Waals surface area contributed by atoms with Crippen LogP contribution in [0.1, 0.15) is 6.42 Å². The molecule has 0 saturated heterocycles. The average molecular weight is 148 g/mol. The largest absolute Gasteiger partial charge is 0.390 e. The number of aliphatic hydroxyl groups excluding tert-OH is 1. The van der Waals surface area contributed by atoms with Crippen molar-refractivity contribution in [3.63, 3.8) is 0 Å². The number of amides is 1. The SMILES string of the molecule is COCC(O)CC(=O)NN. The number of hydrogen-bond acceptors (Lipinski definition) is 4. The minimum absolute atomic E-state index is 0.0235. The summed E-state index contributed by atoms with van der Waals surface area (Å²) < 4.78 is 4.58. The van der Waals surface area contributed by atoms with E-state index < -0.39 is 12.0 Å². The molecule has 0 radical (unpaired) electrons. The molecule has 0 aromatic rings. The van der Waals surface area contributed by atoms with Crippen LogP contribution in [0.3, 0.4) is 0 Å². The number of aliphatic hydroxyl groups is 1. The monoisotopic (exact) mass is 148 g/mol. The topological polar surface area (TPSA) is 84.6 Å². The predicted molar refractivity (Wildman–Crippen MR) is 34.8 cm³/mol. The molecule has 0 aliphatic rings. The Bertz CT molecular complexity index is 107. The fourth-order valence-corrected chi connectivity index (χ4v) is 0.524. The van der Waals surface area contributed by atoms with Crippen molar-refractivity contribution >= 4 is 5.91 Å². The van der Waals surface area contributed by atoms with E-state index in [1.165, 1.54) is 7.11 Å². The summed E-state index contributed by atoms with van der Waals surface area (Å²) in [4.78, 5) is 10.4. The van der Waals surface area contributed by atoms with Gasteiger partial charge in [-0.2, -0.15) is 0 Å². The maximum atomic E-state index is 10.4. The normalized spacial score (nSPS) is 12.7. The molecule has 1 unspecified atom stereocenters. The molecule has 0 bridgehead atoms. The number of carbonyl (C=O) groups excluding carboxylic acids is 1. The van der Waals surface area contributed by atoms with E-state index in [-0.39, 0.29) is 13.0 Å². The van der Waals surface area contributed by atoms with Crippen LogP contribution >= 0.6 is 0 Å². The summed E-state index contributed by atoms with van der Waals surface area (Å²) in [5.41, 5.74) is 1.90. The zero-order valence-corrected chi connectivity index (χ0v) is 5.83. The Hall–Kier alpha value is -0.650. The standard InChI is InChI=1S/C5H12N2O3/c1-10-3-4(8)2-5(9)7-6/h4,8H,2-3,6H2,1H3,(H,7,9). The quantitative estimate of drug-likeness (QED) is 0.254. The van der Waals surface area contributed by atoms with Crippen molar-refractivity contribution in [3.05, 3.63) is 0 Å². The van der Waals surface area contributed by atoms with Gasteiger partial charge in [-0.1, -0.05) is 0 Å². The number of carbonyl (C=O) groups is 1. The second kappa shape index (κ2) is 5.16. The van der Waals surface area contributed by atoms with Crippen LogP contribution < -0.4 is 11.3 Å². The van der Waals surface area contributed by atoms with E-state index in [2.05, 4.69) is 4.74 Å². The molecule has 60 valence electrons. The molecule has 0 spiro atoms. The third-order valence-electron chi connectivity index (χ3n) is 0.941. The molecule has 0 fully saturated rings. The zero-order chi connectivity index (χ0) is 7.98. The van der Waals surface area contributed by atoms with Gasteiger partial charge in [0.15, 0.2) is 0 Å². The average Bonchev–Trinajstić information content (AvgIpc) is 1.88. The number of hydrogen-bond donors (Lipinski definition) is 3. The van der Waals surface area contributed by atoms with E-state index in [9.17, 15) is 4.79 Å². The van der Waals surface area contributed by atoms with Crippen LogP contribution in [0.15, 0.2) is 0 Å². The highest BCUT2D eigenvalue weighted by Gasteiger charge is 2.07. The lowest BCUT2D eigenvalue weighted by Crippen LogP contribution is -2.33. The first kappa shape index (κ1) is 9.35. The molecule has 1 atom stereocenters. The van der Waals surface area contributed by atoms with Crippen LogP contribution in [0.4, 0.5) is 0 Å². The van der Waals surface area contributed by atoms with E-state index in [0.29, 0.717) is 0 Å². The van der Waals surface area contributed by atoms with Gasteiger partial charge in [-0.3, -0.25) is 10.2 Å². The Kier molecular flexibility index (Phi) is 4.82. The van der Waals surface area contributed by atoms with Crippen LogP contribution in [-0.2, 0) is 9.53 Å². The zero-order valence-electron chi connectivity index (χ0n) is 5.83. The van der Waals surface area contributed by atoms with Crippen LogP contribution in [-0.4, -0.2) is 30.8 Å². The molecule has 4 N–H and O–H groups in total. The van der Waals surface area contributed by atoms with Gasteiger partial charge in [0.05, 0.1) is 19.1 Å². The van der Waals surface area contributed by atoms with Crippen molar-refractivity contribution in [3.8, 4) is 0 Å². The summed E-state index contributed by atoms with van der Waals surface area (Å²) in [6.45, 7) is 0.146. The lowest BCUT2D eigenvalue weighted by Gasteiger charge is -2.06. The molecule has 0 aromatic heterocycles. The van der Waals surface area contributed by atoms with Crippen molar-refractivity contribution in [2.24, 2.45) is 5.84 Å². The first-order chi connectivity index (χ1) is 4.70. The molecule has 0 aliphatic carbocycles. The first-order valence-corrected chi connectivity index (χ1v) is 2.87. The van der Waals surface area contributed by atoms with Crippen LogP contribution in [0.5, 0.6) is 0 Å². The summed E-state index contributed by atoms with van der Waals surface area (Å²) >= 11 is 0. The summed E-state index contributed by atoms with van der Waals surface area (Å²) in [7, 11) is 1.45. The Morgan fingerprint density at radius 3 is 2.90 bits per heavy atom. The Balaban J connectivity index is 3.37. The second-order valence-electron chi connectivity index (χ2n) is 1.88. The Morgan fingerprint density at radius 1 is 1.90 bits per heavy atom. The third-order valence-corrected chi connectivity index (χ3v) is 0.941. The van der Waals surface area contributed by atoms with Gasteiger partial charge in [-0.15, -0.1) is 0 Å². The van der Waals surface area contributed by atoms with Gasteiger partial charge in [0.25, 0.3) is 0 Å². The fourth-order valence-electron chi connectivity index (χ4n) is 0.524. The molecule has 1 amide bonds. The number of methoxy groups -OCH3 is 1. The van der Waals surface area contributed by atoms with Crippen molar-refractivity contribution in [1.82, 2.24) is 5.43 Å². The number of nitrogens with one attached hydrogen (secondary N) is 1. The van der Waals surface area contributed by atoms with Crippen LogP contribution in [0.25, 0.3) is 0 Å². The van der Waals surface area contributed by atoms with Gasteiger partial charge in [0.2, 0.25) is 5.91 Å². The van der Waals surface area contributed by atoms with Gasteiger partial charge in [0, 0.05) is 7.11 Å². The van der Waals surface area contributed by atoms with Crippen molar-refractivity contribution < 1.29 is 14.6 Å². The summed E-state index contributed by atoms with van der Waals surface area (Å²) in [5, 5.41) is 8.91. The number of rotatable bonds is 4. The molecule has 10 heavy (non-hydrogen) atoms. The van der Waals surface area contributed by atoms with Gasteiger partial charge in [-0.05, 0) is 0 Å². The molecule has 0 rings (SSSR count). The highest BCUT2D eigenvalue weighted by Crippen LogP contribution is 1.90. The van der Waals surface area contributed by atoms with E-state index >= 15 is 0 Å². The molecule has 5 heteroatoms. The molecule has 0 saturated carbocycles. The minimum atomic E-state index is -0.770. The molecule has 5 nitrogen and oxygen atoms in total. The van der Waals surface area contributed by atoms with Gasteiger partial charge < -0.3 is 9.84 Å². The maximum Gasteiger partial charge on any atom is 0.236 e. The minimum Gasteiger partial charge on any atom is -0.390 e. The molecular weight excluding hydrogens is 136 g/mol. The maximum absolute atomic E-state index is 10.4. The van der Waals surface area contributed by atoms with Crippen molar-refractivity contribution in [2.45, 2.75) is 12.5 Å². The molecule has 0 aromatic carbocycles. The Morgan fingerprint density at radius 2 is 2.50 bits per heavy atom. The highest BCUT2D eigenvalue weighted by atomic mass is 16.5. The van der Waals surface area contributed by atoms with Gasteiger partial charge in [0.1, 0.15) is 0 Å². The lowest BCUT2D eigenvalue weighted by atomic mass is 10.2. The summed E-state index contributed by atoms with van der Waals surface area (Å²) in [5.74, 6) is 4.37. The summed E-state index contributed by atoms with van der Waals surface area (Å²) in [6.07, 6.45) is -0.793. The number of nitrogens with two attached hydrogens (primary N) is 1. The van der Waals surface area contributed by atoms with Gasteiger partial charge in [-0.25, -0.2) is 5.84 Å². The van der Waals surface area contributed by atoms with E-state index in [4.69, 9.17) is 10.9 Å². The van der Waals surface area contributed by atoms with Crippen molar-refractivity contribution in [1.29, 1.82) is 0 Å². The van der Waals surface area contributed by atoms with Crippen LogP contribution in [0.2, 0.25) is 0 Å². The summed E-state index contributed by atoms with van der Waals surface area (Å²) in [6, 6.07) is 0. The second-order valence-corrected chi connectivity index (χ2v) is 1.88. The lowest BCUT2D eigenvalue weighted by molar-refractivity contribution is -0.123. The smallest absolute Gasteiger partial charge is 0.236 e. The third kappa shape index (κ3) is 4.25. The van der Waals surface area contributed by atoms with Gasteiger partial charge >= 0.3 is 0 Å². The van der Waals surface area contributed by atoms with Crippen LogP contribution in [0, 0.1) is 0 Å². The molecule has 0 aliphatic heterocycles. The van der Waals surface area contributed by atoms with E-state index in [1.807, 2.05) is 5.43 Å². The first-order valence-electron chi connectivity index (χ1n) is 2.87. The molecule has 0 heterocycles. The number of ether oxygens (including phenoxy) is 1. The highest BCUT2D eigenvalue weighted by molar-refractivity contribution is 5.75. The van der Waals surface area contributed by atoms with Crippen molar-refractivity contribution in [2.75, 3.05) is 13.7 Å².